The van der Waals surface area contributed by atoms with Crippen molar-refractivity contribution < 1.29 is 13.6 Å². The van der Waals surface area contributed by atoms with Crippen molar-refractivity contribution in [2.24, 2.45) is 11.8 Å². The molecule has 1 unspecified atom stereocenters. The number of carbonyl (C=O) groups excluding carboxylic acids is 1. The summed E-state index contributed by atoms with van der Waals surface area (Å²) in [4.78, 5) is 24.2. The van der Waals surface area contributed by atoms with Crippen molar-refractivity contribution in [3.63, 3.8) is 0 Å². The summed E-state index contributed by atoms with van der Waals surface area (Å²) in [5.41, 5.74) is 3.91. The Labute approximate surface area is 238 Å². The maximum absolute atomic E-state index is 13.2. The molecule has 0 radical (unpaired) electrons. The number of halogens is 2. The number of aromatic amines is 1. The number of rotatable bonds is 9. The zero-order chi connectivity index (χ0) is 28.6. The molecule has 41 heavy (non-hydrogen) atoms. The molecule has 8 nitrogen and oxygen atoms in total. The van der Waals surface area contributed by atoms with E-state index in [1.165, 1.54) is 11.1 Å². The van der Waals surface area contributed by atoms with Gasteiger partial charge in [0, 0.05) is 62.6 Å². The highest BCUT2D eigenvalue weighted by atomic mass is 19.3. The van der Waals surface area contributed by atoms with Crippen LogP contribution in [0.3, 0.4) is 0 Å². The number of nitrogens with one attached hydrogen (secondary N) is 2. The normalized spacial score (nSPS) is 23.3. The van der Waals surface area contributed by atoms with Gasteiger partial charge in [-0.05, 0) is 79.7 Å². The summed E-state index contributed by atoms with van der Waals surface area (Å²) >= 11 is 0. The number of benzene rings is 1. The summed E-state index contributed by atoms with van der Waals surface area (Å²) in [6.45, 7) is 0. The van der Waals surface area contributed by atoms with Crippen molar-refractivity contribution in [3.8, 4) is 6.07 Å². The second-order valence-electron chi connectivity index (χ2n) is 12.1. The van der Waals surface area contributed by atoms with E-state index in [9.17, 15) is 13.6 Å². The molecule has 2 fully saturated rings. The van der Waals surface area contributed by atoms with Crippen LogP contribution in [0.15, 0.2) is 36.5 Å². The van der Waals surface area contributed by atoms with Crippen molar-refractivity contribution in [1.82, 2.24) is 20.2 Å². The van der Waals surface area contributed by atoms with Gasteiger partial charge >= 0.3 is 0 Å². The number of hydrogen-bond donors (Lipinski definition) is 2. The van der Waals surface area contributed by atoms with E-state index < -0.39 is 5.92 Å². The molecule has 1 atom stereocenters. The lowest BCUT2D eigenvalue weighted by Gasteiger charge is -2.34. The highest BCUT2D eigenvalue weighted by Gasteiger charge is 2.46. The molecule has 0 spiro atoms. The van der Waals surface area contributed by atoms with Crippen LogP contribution in [-0.2, 0) is 17.6 Å². The predicted octanol–water partition coefficient (Wildman–Crippen LogP) is 6.09. The monoisotopic (exact) mass is 559 g/mol. The summed E-state index contributed by atoms with van der Waals surface area (Å²) in [6.07, 6.45) is 8.47. The van der Waals surface area contributed by atoms with Crippen LogP contribution < -0.4 is 10.2 Å². The van der Waals surface area contributed by atoms with E-state index in [-0.39, 0.29) is 18.8 Å². The molecule has 0 saturated heterocycles. The van der Waals surface area contributed by atoms with Gasteiger partial charge in [-0.3, -0.25) is 9.89 Å². The summed E-state index contributed by atoms with van der Waals surface area (Å²) in [5.74, 6) is 0.111. The van der Waals surface area contributed by atoms with Crippen LogP contribution in [0.5, 0.6) is 0 Å². The van der Waals surface area contributed by atoms with E-state index in [1.54, 1.807) is 18.3 Å². The van der Waals surface area contributed by atoms with Gasteiger partial charge in [-0.15, -0.1) is 0 Å². The Morgan fingerprint density at radius 1 is 1.07 bits per heavy atom. The van der Waals surface area contributed by atoms with E-state index in [4.69, 9.17) is 5.26 Å². The summed E-state index contributed by atoms with van der Waals surface area (Å²) in [6, 6.07) is 11.9. The number of ketones is 1. The van der Waals surface area contributed by atoms with Crippen LogP contribution in [0.25, 0.3) is 0 Å². The van der Waals surface area contributed by atoms with Gasteiger partial charge in [-0.1, -0.05) is 6.07 Å². The van der Waals surface area contributed by atoms with Gasteiger partial charge in [0.2, 0.25) is 11.9 Å². The standard InChI is InChI=1S/C31H35F2N7O/c1-40(30-35-9-8-28(37-30)36-29-15-27(38-39-29)24-16-31(32,33)17-24)25-6-3-19(4-7-25)13-26(41)14-21-11-22-5-2-20(18-34)10-23(22)12-21/h2,5,8-10,15,19,21,24-25H,3-4,6-7,11-14,16-17H2,1H3,(H2,35,36,37,38,39). The SMILES string of the molecule is CN(c1nccc(Nc2cc(C3CC(F)(F)C3)[nH]n2)n1)C1CCC(CC(=O)CC2Cc3ccc(C#N)cc3C2)CC1. The van der Waals surface area contributed by atoms with Gasteiger partial charge in [-0.25, -0.2) is 13.8 Å². The van der Waals surface area contributed by atoms with Crippen LogP contribution in [0.4, 0.5) is 26.4 Å². The third-order valence-corrected chi connectivity index (χ3v) is 9.09. The van der Waals surface area contributed by atoms with Crippen molar-refractivity contribution in [3.05, 3.63) is 58.9 Å². The van der Waals surface area contributed by atoms with E-state index in [0.29, 0.717) is 65.3 Å². The quantitative estimate of drug-likeness (QED) is 0.327. The van der Waals surface area contributed by atoms with Gasteiger partial charge in [0.05, 0.1) is 11.6 Å². The Balaban J connectivity index is 0.964. The summed E-state index contributed by atoms with van der Waals surface area (Å²) in [7, 11) is 2.01. The third kappa shape index (κ3) is 6.24. The Morgan fingerprint density at radius 2 is 1.83 bits per heavy atom. The highest BCUT2D eigenvalue weighted by Crippen LogP contribution is 2.48. The number of alkyl halides is 2. The number of anilines is 3. The van der Waals surface area contributed by atoms with Crippen molar-refractivity contribution in [2.45, 2.75) is 82.1 Å². The molecule has 214 valence electrons. The summed E-state index contributed by atoms with van der Waals surface area (Å²) < 4.78 is 26.4. The van der Waals surface area contributed by atoms with Crippen LogP contribution in [-0.4, -0.2) is 45.0 Å². The first-order valence-electron chi connectivity index (χ1n) is 14.5. The fourth-order valence-corrected chi connectivity index (χ4v) is 6.76. The maximum atomic E-state index is 13.2. The molecule has 2 saturated carbocycles. The second-order valence-corrected chi connectivity index (χ2v) is 12.1. The number of hydrogen-bond acceptors (Lipinski definition) is 7. The van der Waals surface area contributed by atoms with Crippen LogP contribution in [0, 0.1) is 23.2 Å². The molecule has 6 rings (SSSR count). The maximum Gasteiger partial charge on any atom is 0.249 e. The number of aromatic nitrogens is 4. The first-order valence-corrected chi connectivity index (χ1v) is 14.5. The molecule has 10 heteroatoms. The third-order valence-electron chi connectivity index (χ3n) is 9.09. The topological polar surface area (TPSA) is 111 Å². The number of nitriles is 1. The number of Topliss-reactive ketones (excluding diaryl/α,β-unsaturated/α-hetero) is 1. The van der Waals surface area contributed by atoms with Gasteiger partial charge in [0.25, 0.3) is 0 Å². The lowest BCUT2D eigenvalue weighted by Crippen LogP contribution is -2.36. The van der Waals surface area contributed by atoms with Gasteiger partial charge < -0.3 is 10.2 Å². The minimum absolute atomic E-state index is 0.145. The molecule has 3 aliphatic rings. The second kappa shape index (κ2) is 11.2. The molecule has 0 amide bonds. The number of fused-ring (bicyclic) bond motifs is 1. The molecule has 0 aliphatic heterocycles. The molecular weight excluding hydrogens is 524 g/mol. The van der Waals surface area contributed by atoms with Crippen LogP contribution in [0.2, 0.25) is 0 Å². The molecule has 3 aromatic rings. The average molecular weight is 560 g/mol. The molecule has 2 heterocycles. The fraction of sp³-hybridized carbons (Fsp3) is 0.516. The van der Waals surface area contributed by atoms with E-state index >= 15 is 0 Å². The molecule has 3 aliphatic carbocycles. The lowest BCUT2D eigenvalue weighted by atomic mass is 9.79. The fourth-order valence-electron chi connectivity index (χ4n) is 6.76. The number of nitrogens with zero attached hydrogens (tertiary/aromatic N) is 5. The zero-order valence-electron chi connectivity index (χ0n) is 23.2. The lowest BCUT2D eigenvalue weighted by molar-refractivity contribution is -0.121. The van der Waals surface area contributed by atoms with Gasteiger partial charge in [0.15, 0.2) is 5.82 Å². The van der Waals surface area contributed by atoms with E-state index in [1.807, 2.05) is 25.2 Å². The minimum atomic E-state index is -2.57. The number of carbonyl (C=O) groups is 1. The van der Waals surface area contributed by atoms with E-state index in [0.717, 1.165) is 38.5 Å². The van der Waals surface area contributed by atoms with Crippen molar-refractivity contribution in [1.29, 1.82) is 5.26 Å². The molecule has 2 aromatic heterocycles. The Kier molecular flexibility index (Phi) is 7.45. The van der Waals surface area contributed by atoms with Gasteiger partial charge in [0.1, 0.15) is 11.6 Å². The average Bonchev–Trinajstić information content (AvgIpc) is 3.57. The zero-order valence-corrected chi connectivity index (χ0v) is 23.2. The van der Waals surface area contributed by atoms with Crippen LogP contribution in [0.1, 0.15) is 79.7 Å². The van der Waals surface area contributed by atoms with Crippen molar-refractivity contribution in [2.75, 3.05) is 17.3 Å². The molecule has 0 bridgehead atoms. The Bertz CT molecular complexity index is 1450. The predicted molar refractivity (Wildman–Crippen MR) is 151 cm³/mol. The van der Waals surface area contributed by atoms with Crippen LogP contribution >= 0.6 is 0 Å². The minimum Gasteiger partial charge on any atom is -0.341 e. The van der Waals surface area contributed by atoms with Gasteiger partial charge in [-0.2, -0.15) is 15.3 Å². The molecule has 2 N–H and O–H groups in total. The first kappa shape index (κ1) is 27.3. The molecule has 1 aromatic carbocycles. The Morgan fingerprint density at radius 3 is 2.59 bits per heavy atom. The van der Waals surface area contributed by atoms with E-state index in [2.05, 4.69) is 36.5 Å². The highest BCUT2D eigenvalue weighted by molar-refractivity contribution is 5.79. The number of H-pyrrole nitrogens is 1. The first-order chi connectivity index (χ1) is 19.7. The Hall–Kier alpha value is -3.87. The van der Waals surface area contributed by atoms with Crippen molar-refractivity contribution >= 4 is 23.4 Å². The summed E-state index contributed by atoms with van der Waals surface area (Å²) in [5, 5.41) is 19.4. The largest absolute Gasteiger partial charge is 0.341 e. The molecular formula is C31H35F2N7O. The smallest absolute Gasteiger partial charge is 0.249 e.